The van der Waals surface area contributed by atoms with Gasteiger partial charge in [-0.25, -0.2) is 17.5 Å². The van der Waals surface area contributed by atoms with Gasteiger partial charge in [-0.15, -0.1) is 0 Å². The fraction of sp³-hybridized carbons (Fsp3) is 0.143. The highest BCUT2D eigenvalue weighted by molar-refractivity contribution is 7.89. The van der Waals surface area contributed by atoms with E-state index in [1.807, 2.05) is 0 Å². The second-order valence-electron chi connectivity index (χ2n) is 4.47. The Balaban J connectivity index is 2.24. The molecule has 2 aromatic carbocycles. The highest BCUT2D eigenvalue weighted by Crippen LogP contribution is 2.19. The van der Waals surface area contributed by atoms with Gasteiger partial charge in [0.2, 0.25) is 10.0 Å². The molecule has 0 amide bonds. The van der Waals surface area contributed by atoms with E-state index in [0.29, 0.717) is 5.69 Å². The van der Waals surface area contributed by atoms with E-state index in [2.05, 4.69) is 4.72 Å². The molecule has 0 aliphatic carbocycles. The van der Waals surface area contributed by atoms with Gasteiger partial charge in [0.05, 0.1) is 4.90 Å². The fourth-order valence-electron chi connectivity index (χ4n) is 1.83. The van der Waals surface area contributed by atoms with Crippen LogP contribution in [0.3, 0.4) is 0 Å². The molecular weight excluding hydrogens is 279 g/mol. The van der Waals surface area contributed by atoms with Crippen molar-refractivity contribution >= 4 is 15.7 Å². The smallest absolute Gasteiger partial charge is 0.241 e. The predicted molar refractivity (Wildman–Crippen MR) is 76.0 cm³/mol. The van der Waals surface area contributed by atoms with E-state index < -0.39 is 21.9 Å². The molecule has 2 rings (SSSR count). The zero-order chi connectivity index (χ0) is 14.8. The Kier molecular flexibility index (Phi) is 4.06. The topological polar surface area (TPSA) is 72.2 Å². The summed E-state index contributed by atoms with van der Waals surface area (Å²) in [7, 11) is -3.77. The van der Waals surface area contributed by atoms with Gasteiger partial charge >= 0.3 is 0 Å². The lowest BCUT2D eigenvalue weighted by atomic mass is 10.1. The number of nitrogens with two attached hydrogens (primary N) is 1. The van der Waals surface area contributed by atoms with Gasteiger partial charge in [0.1, 0.15) is 5.82 Å². The minimum atomic E-state index is -3.77. The van der Waals surface area contributed by atoms with Gasteiger partial charge in [-0.05, 0) is 42.8 Å². The molecule has 0 spiro atoms. The van der Waals surface area contributed by atoms with Crippen LogP contribution in [-0.2, 0) is 10.0 Å². The van der Waals surface area contributed by atoms with E-state index in [9.17, 15) is 12.8 Å². The summed E-state index contributed by atoms with van der Waals surface area (Å²) in [6, 6.07) is 11.3. The van der Waals surface area contributed by atoms with E-state index in [1.54, 1.807) is 31.2 Å². The number of nitrogen functional groups attached to an aromatic ring is 1. The molecule has 0 saturated carbocycles. The summed E-state index contributed by atoms with van der Waals surface area (Å²) in [5.41, 5.74) is 6.96. The fourth-order valence-corrected chi connectivity index (χ4v) is 3.09. The molecule has 0 fully saturated rings. The van der Waals surface area contributed by atoms with Gasteiger partial charge < -0.3 is 5.73 Å². The molecule has 20 heavy (non-hydrogen) atoms. The van der Waals surface area contributed by atoms with E-state index in [-0.39, 0.29) is 4.90 Å². The van der Waals surface area contributed by atoms with Crippen LogP contribution in [0.5, 0.6) is 0 Å². The van der Waals surface area contributed by atoms with E-state index in [1.165, 1.54) is 18.2 Å². The molecular formula is C14H15FN2O2S. The molecule has 0 aromatic heterocycles. The highest BCUT2D eigenvalue weighted by atomic mass is 32.2. The van der Waals surface area contributed by atoms with Crippen molar-refractivity contribution < 1.29 is 12.8 Å². The summed E-state index contributed by atoms with van der Waals surface area (Å²) < 4.78 is 39.9. The van der Waals surface area contributed by atoms with Crippen LogP contribution >= 0.6 is 0 Å². The number of hydrogen-bond donors (Lipinski definition) is 2. The lowest BCUT2D eigenvalue weighted by Crippen LogP contribution is -2.27. The van der Waals surface area contributed by atoms with Gasteiger partial charge in [0.15, 0.2) is 0 Å². The number of hydrogen-bond acceptors (Lipinski definition) is 3. The third kappa shape index (κ3) is 3.34. The molecule has 1 unspecified atom stereocenters. The molecule has 0 bridgehead atoms. The normalized spacial score (nSPS) is 13.1. The average Bonchev–Trinajstić information content (AvgIpc) is 2.38. The maximum atomic E-state index is 13.1. The Morgan fingerprint density at radius 3 is 2.50 bits per heavy atom. The van der Waals surface area contributed by atoms with Gasteiger partial charge in [-0.3, -0.25) is 0 Å². The molecule has 106 valence electrons. The lowest BCUT2D eigenvalue weighted by molar-refractivity contribution is 0.564. The summed E-state index contributed by atoms with van der Waals surface area (Å²) >= 11 is 0. The lowest BCUT2D eigenvalue weighted by Gasteiger charge is -2.15. The molecule has 3 N–H and O–H groups in total. The largest absolute Gasteiger partial charge is 0.399 e. The summed E-state index contributed by atoms with van der Waals surface area (Å²) in [6.07, 6.45) is 0. The van der Waals surface area contributed by atoms with Crippen molar-refractivity contribution in [2.24, 2.45) is 0 Å². The van der Waals surface area contributed by atoms with Crippen molar-refractivity contribution in [3.8, 4) is 0 Å². The number of sulfonamides is 1. The van der Waals surface area contributed by atoms with Crippen molar-refractivity contribution in [2.45, 2.75) is 17.9 Å². The van der Waals surface area contributed by atoms with Crippen LogP contribution in [0.1, 0.15) is 18.5 Å². The quantitative estimate of drug-likeness (QED) is 0.851. The zero-order valence-electron chi connectivity index (χ0n) is 10.9. The Labute approximate surface area is 117 Å². The minimum absolute atomic E-state index is 0.103. The second kappa shape index (κ2) is 5.60. The van der Waals surface area contributed by atoms with Crippen LogP contribution in [0.2, 0.25) is 0 Å². The number of nitrogens with one attached hydrogen (secondary N) is 1. The first kappa shape index (κ1) is 14.5. The van der Waals surface area contributed by atoms with Gasteiger partial charge in [0, 0.05) is 11.7 Å². The number of benzene rings is 2. The summed E-state index contributed by atoms with van der Waals surface area (Å²) in [4.78, 5) is -0.103. The molecule has 6 heteroatoms. The monoisotopic (exact) mass is 294 g/mol. The number of rotatable bonds is 4. The van der Waals surface area contributed by atoms with Gasteiger partial charge in [-0.1, -0.05) is 18.2 Å². The van der Waals surface area contributed by atoms with Crippen molar-refractivity contribution in [1.82, 2.24) is 4.72 Å². The summed E-state index contributed by atoms with van der Waals surface area (Å²) in [6.45, 7) is 1.70. The van der Waals surface area contributed by atoms with E-state index in [0.717, 1.165) is 11.6 Å². The SMILES string of the molecule is CC(NS(=O)(=O)c1cccc(F)c1)c1cccc(N)c1. The van der Waals surface area contributed by atoms with E-state index >= 15 is 0 Å². The minimum Gasteiger partial charge on any atom is -0.399 e. The first-order chi connectivity index (χ1) is 9.38. The molecule has 0 aliphatic heterocycles. The summed E-state index contributed by atoms with van der Waals surface area (Å²) in [5.74, 6) is -0.593. The van der Waals surface area contributed by atoms with Crippen molar-refractivity contribution in [1.29, 1.82) is 0 Å². The van der Waals surface area contributed by atoms with Gasteiger partial charge in [0.25, 0.3) is 0 Å². The van der Waals surface area contributed by atoms with Crippen LogP contribution in [0.4, 0.5) is 10.1 Å². The second-order valence-corrected chi connectivity index (χ2v) is 6.18. The molecule has 2 aromatic rings. The molecule has 1 atom stereocenters. The molecule has 4 nitrogen and oxygen atoms in total. The molecule has 0 heterocycles. The Morgan fingerprint density at radius 2 is 1.85 bits per heavy atom. The maximum absolute atomic E-state index is 13.1. The maximum Gasteiger partial charge on any atom is 0.241 e. The highest BCUT2D eigenvalue weighted by Gasteiger charge is 2.18. The summed E-state index contributed by atoms with van der Waals surface area (Å²) in [5, 5.41) is 0. The third-order valence-electron chi connectivity index (χ3n) is 2.85. The third-order valence-corrected chi connectivity index (χ3v) is 4.39. The molecule has 0 aliphatic rings. The van der Waals surface area contributed by atoms with E-state index in [4.69, 9.17) is 5.73 Å². The number of anilines is 1. The Bertz CT molecular complexity index is 717. The van der Waals surface area contributed by atoms with Crippen molar-refractivity contribution in [3.63, 3.8) is 0 Å². The van der Waals surface area contributed by atoms with Crippen LogP contribution in [0, 0.1) is 5.82 Å². The van der Waals surface area contributed by atoms with Crippen LogP contribution in [-0.4, -0.2) is 8.42 Å². The predicted octanol–water partition coefficient (Wildman–Crippen LogP) is 2.45. The Morgan fingerprint density at radius 1 is 1.15 bits per heavy atom. The van der Waals surface area contributed by atoms with Crippen LogP contribution in [0.15, 0.2) is 53.4 Å². The molecule has 0 radical (unpaired) electrons. The van der Waals surface area contributed by atoms with Crippen LogP contribution < -0.4 is 10.5 Å². The Hall–Kier alpha value is -1.92. The van der Waals surface area contributed by atoms with Crippen molar-refractivity contribution in [2.75, 3.05) is 5.73 Å². The molecule has 0 saturated heterocycles. The van der Waals surface area contributed by atoms with Crippen LogP contribution in [0.25, 0.3) is 0 Å². The standard InChI is InChI=1S/C14H15FN2O2S/c1-10(11-4-2-6-13(16)8-11)17-20(18,19)14-7-3-5-12(15)9-14/h2-10,17H,16H2,1H3. The first-order valence-corrected chi connectivity index (χ1v) is 7.50. The zero-order valence-corrected chi connectivity index (χ0v) is 11.7. The van der Waals surface area contributed by atoms with Gasteiger partial charge in [-0.2, -0.15) is 0 Å². The first-order valence-electron chi connectivity index (χ1n) is 6.02. The number of halogens is 1. The van der Waals surface area contributed by atoms with Crippen molar-refractivity contribution in [3.05, 3.63) is 59.9 Å². The average molecular weight is 294 g/mol.